The Bertz CT molecular complexity index is 709. The Morgan fingerprint density at radius 1 is 1.12 bits per heavy atom. The number of hydrogen-bond donors (Lipinski definition) is 2. The summed E-state index contributed by atoms with van der Waals surface area (Å²) < 4.78 is 37.9. The molecule has 2 aromatic carbocycles. The van der Waals surface area contributed by atoms with E-state index in [9.17, 15) is 13.9 Å². The number of hydrogen-bond acceptors (Lipinski definition) is 4. The maximum atomic E-state index is 13.7. The zero-order valence-corrected chi connectivity index (χ0v) is 13.1. The van der Waals surface area contributed by atoms with Crippen LogP contribution in [0.3, 0.4) is 0 Å². The lowest BCUT2D eigenvalue weighted by atomic mass is 10.1. The van der Waals surface area contributed by atoms with Crippen molar-refractivity contribution in [2.75, 3.05) is 19.8 Å². The molecule has 2 N–H and O–H groups in total. The molecule has 0 bridgehead atoms. The first-order valence-corrected chi connectivity index (χ1v) is 7.86. The van der Waals surface area contributed by atoms with Gasteiger partial charge in [0.1, 0.15) is 11.6 Å². The molecule has 3 rings (SSSR count). The van der Waals surface area contributed by atoms with Gasteiger partial charge in [-0.1, -0.05) is 18.2 Å². The number of nitrogens with one attached hydrogen (secondary N) is 1. The summed E-state index contributed by atoms with van der Waals surface area (Å²) in [5, 5.41) is 13.1. The maximum Gasteiger partial charge on any atom is 0.165 e. The van der Waals surface area contributed by atoms with Crippen LogP contribution in [0.15, 0.2) is 36.4 Å². The van der Waals surface area contributed by atoms with Crippen LogP contribution in [0, 0.1) is 11.6 Å². The first kappa shape index (κ1) is 16.7. The first-order valence-electron chi connectivity index (χ1n) is 7.86. The van der Waals surface area contributed by atoms with Gasteiger partial charge in [-0.2, -0.15) is 0 Å². The molecular formula is C18H19F2NO3. The summed E-state index contributed by atoms with van der Waals surface area (Å²) in [7, 11) is 0. The number of halogens is 2. The quantitative estimate of drug-likeness (QED) is 0.882. The molecule has 0 spiro atoms. The Morgan fingerprint density at radius 3 is 2.79 bits per heavy atom. The van der Waals surface area contributed by atoms with Crippen LogP contribution in [0.4, 0.5) is 8.78 Å². The zero-order chi connectivity index (χ0) is 16.9. The van der Waals surface area contributed by atoms with E-state index in [1.54, 1.807) is 0 Å². The van der Waals surface area contributed by atoms with Gasteiger partial charge in [0.25, 0.3) is 0 Å². The summed E-state index contributed by atoms with van der Waals surface area (Å²) in [6.07, 6.45) is -0.241. The van der Waals surface area contributed by atoms with Gasteiger partial charge in [0.2, 0.25) is 0 Å². The topological polar surface area (TPSA) is 50.7 Å². The zero-order valence-electron chi connectivity index (χ0n) is 13.1. The van der Waals surface area contributed by atoms with E-state index in [-0.39, 0.29) is 12.1 Å². The van der Waals surface area contributed by atoms with Gasteiger partial charge in [-0.25, -0.2) is 8.78 Å². The molecule has 1 aliphatic heterocycles. The number of fused-ring (bicyclic) bond motifs is 1. The van der Waals surface area contributed by atoms with E-state index in [2.05, 4.69) is 5.32 Å². The van der Waals surface area contributed by atoms with Gasteiger partial charge < -0.3 is 19.9 Å². The average Bonchev–Trinajstić information content (AvgIpc) is 2.80. The summed E-state index contributed by atoms with van der Waals surface area (Å²) in [5.41, 5.74) is 0.969. The molecule has 6 heteroatoms. The number of benzene rings is 2. The lowest BCUT2D eigenvalue weighted by molar-refractivity contribution is 0.169. The Hall–Kier alpha value is -2.18. The van der Waals surface area contributed by atoms with Crippen LogP contribution in [-0.2, 0) is 6.54 Å². The molecular weight excluding hydrogens is 316 g/mol. The number of para-hydroxylation sites is 1. The third-order valence-electron chi connectivity index (χ3n) is 3.83. The molecule has 0 amide bonds. The minimum absolute atomic E-state index is 0.0652. The van der Waals surface area contributed by atoms with Crippen LogP contribution < -0.4 is 14.8 Å². The van der Waals surface area contributed by atoms with Crippen molar-refractivity contribution in [3.8, 4) is 11.5 Å². The molecule has 24 heavy (non-hydrogen) atoms. The Balaban J connectivity index is 1.62. The molecule has 0 saturated carbocycles. The molecule has 0 saturated heterocycles. The highest BCUT2D eigenvalue weighted by Crippen LogP contribution is 2.33. The van der Waals surface area contributed by atoms with Gasteiger partial charge in [0.05, 0.1) is 19.3 Å². The SMILES string of the molecule is O[C@H](CNCc1cccc2c1OCCCO2)c1ccc(F)cc1F. The Kier molecular flexibility index (Phi) is 5.27. The highest BCUT2D eigenvalue weighted by Gasteiger charge is 2.16. The predicted octanol–water partition coefficient (Wildman–Crippen LogP) is 2.95. The van der Waals surface area contributed by atoms with E-state index in [0.29, 0.717) is 31.3 Å². The van der Waals surface area contributed by atoms with Gasteiger partial charge in [-0.15, -0.1) is 0 Å². The van der Waals surface area contributed by atoms with Crippen LogP contribution in [0.1, 0.15) is 23.7 Å². The van der Waals surface area contributed by atoms with Crippen LogP contribution in [0.5, 0.6) is 11.5 Å². The summed E-state index contributed by atoms with van der Waals surface area (Å²) in [6, 6.07) is 8.78. The molecule has 0 fully saturated rings. The predicted molar refractivity (Wildman–Crippen MR) is 85.1 cm³/mol. The van der Waals surface area contributed by atoms with Gasteiger partial charge in [-0.05, 0) is 12.1 Å². The van der Waals surface area contributed by atoms with Crippen molar-refractivity contribution in [3.63, 3.8) is 0 Å². The third-order valence-corrected chi connectivity index (χ3v) is 3.83. The van der Waals surface area contributed by atoms with Crippen molar-refractivity contribution in [2.45, 2.75) is 19.1 Å². The maximum absolute atomic E-state index is 13.7. The van der Waals surface area contributed by atoms with E-state index in [0.717, 1.165) is 24.1 Å². The van der Waals surface area contributed by atoms with E-state index in [4.69, 9.17) is 9.47 Å². The molecule has 0 aromatic heterocycles. The van der Waals surface area contributed by atoms with Gasteiger partial charge in [0, 0.05) is 36.7 Å². The molecule has 1 heterocycles. The second kappa shape index (κ2) is 7.59. The van der Waals surface area contributed by atoms with Gasteiger partial charge in [0.15, 0.2) is 11.5 Å². The van der Waals surface area contributed by atoms with Crippen LogP contribution in [0.25, 0.3) is 0 Å². The van der Waals surface area contributed by atoms with Crippen molar-refractivity contribution < 1.29 is 23.4 Å². The fraction of sp³-hybridized carbons (Fsp3) is 0.333. The number of aliphatic hydroxyl groups is 1. The fourth-order valence-corrected chi connectivity index (χ4v) is 2.62. The summed E-state index contributed by atoms with van der Waals surface area (Å²) in [5.74, 6) is -0.0166. The standard InChI is InChI=1S/C18H19F2NO3/c19-13-5-6-14(15(20)9-13)16(22)11-21-10-12-3-1-4-17-18(12)24-8-2-7-23-17/h1,3-6,9,16,21-22H,2,7-8,10-11H2/t16-/m1/s1. The number of ether oxygens (including phenoxy) is 2. The Labute approximate surface area is 139 Å². The molecule has 0 aliphatic carbocycles. The molecule has 0 unspecified atom stereocenters. The lowest BCUT2D eigenvalue weighted by Crippen LogP contribution is -2.22. The van der Waals surface area contributed by atoms with Crippen LogP contribution in [0.2, 0.25) is 0 Å². The van der Waals surface area contributed by atoms with Gasteiger partial charge in [-0.3, -0.25) is 0 Å². The van der Waals surface area contributed by atoms with E-state index >= 15 is 0 Å². The smallest absolute Gasteiger partial charge is 0.165 e. The van der Waals surface area contributed by atoms with Crippen molar-refractivity contribution >= 4 is 0 Å². The van der Waals surface area contributed by atoms with Gasteiger partial charge >= 0.3 is 0 Å². The minimum Gasteiger partial charge on any atom is -0.490 e. The molecule has 2 aromatic rings. The van der Waals surface area contributed by atoms with Crippen molar-refractivity contribution in [1.29, 1.82) is 0 Å². The molecule has 1 aliphatic rings. The number of aliphatic hydroxyl groups excluding tert-OH is 1. The highest BCUT2D eigenvalue weighted by atomic mass is 19.1. The average molecular weight is 335 g/mol. The summed E-state index contributed by atoms with van der Waals surface area (Å²) in [6.45, 7) is 1.78. The van der Waals surface area contributed by atoms with E-state index in [1.165, 1.54) is 6.07 Å². The molecule has 128 valence electrons. The second-order valence-corrected chi connectivity index (χ2v) is 5.61. The van der Waals surface area contributed by atoms with Crippen LogP contribution >= 0.6 is 0 Å². The second-order valence-electron chi connectivity index (χ2n) is 5.61. The third kappa shape index (κ3) is 3.83. The first-order chi connectivity index (χ1) is 11.6. The molecule has 0 radical (unpaired) electrons. The van der Waals surface area contributed by atoms with Crippen molar-refractivity contribution in [1.82, 2.24) is 5.32 Å². The highest BCUT2D eigenvalue weighted by molar-refractivity contribution is 5.47. The molecule has 1 atom stereocenters. The largest absolute Gasteiger partial charge is 0.490 e. The summed E-state index contributed by atoms with van der Waals surface area (Å²) in [4.78, 5) is 0. The van der Waals surface area contributed by atoms with Crippen LogP contribution in [-0.4, -0.2) is 24.9 Å². The Morgan fingerprint density at radius 2 is 1.96 bits per heavy atom. The number of rotatable bonds is 5. The fourth-order valence-electron chi connectivity index (χ4n) is 2.62. The lowest BCUT2D eigenvalue weighted by Gasteiger charge is -2.15. The van der Waals surface area contributed by atoms with E-state index < -0.39 is 17.7 Å². The van der Waals surface area contributed by atoms with E-state index in [1.807, 2.05) is 18.2 Å². The normalized spacial score (nSPS) is 15.0. The summed E-state index contributed by atoms with van der Waals surface area (Å²) >= 11 is 0. The molecule has 4 nitrogen and oxygen atoms in total. The minimum atomic E-state index is -1.06. The monoisotopic (exact) mass is 335 g/mol. The van der Waals surface area contributed by atoms with Crippen molar-refractivity contribution in [3.05, 3.63) is 59.2 Å². The van der Waals surface area contributed by atoms with Crippen molar-refractivity contribution in [2.24, 2.45) is 0 Å².